The number of nitrogens with one attached hydrogen (secondary N) is 1. The van der Waals surface area contributed by atoms with E-state index in [0.717, 1.165) is 52.2 Å². The van der Waals surface area contributed by atoms with Crippen molar-refractivity contribution in [3.63, 3.8) is 0 Å². The zero-order chi connectivity index (χ0) is 27.1. The molecule has 0 saturated carbocycles. The van der Waals surface area contributed by atoms with Crippen molar-refractivity contribution in [1.82, 2.24) is 5.32 Å². The molecule has 0 saturated heterocycles. The molecule has 1 atom stereocenters. The van der Waals surface area contributed by atoms with Gasteiger partial charge >= 0.3 is 6.18 Å². The smallest absolute Gasteiger partial charge is 0.357 e. The van der Waals surface area contributed by atoms with Gasteiger partial charge in [0.15, 0.2) is 0 Å². The standard InChI is InChI=1S/C32H31F3N2O.ClH/c1-23-10-8-16-28(22-23)37(30(31(38)36-2)26-13-4-3-5-14-26)29-17-7-6-12-25(29)15-9-11-24-18-20-27(21-19-24)32(33,34)35;/h3-8,10,12-14,16-22,30H,9,11,15H2,1-2H3,(H,36,38);1H/t30-;/m0./s1. The zero-order valence-corrected chi connectivity index (χ0v) is 22.7. The molecule has 0 spiro atoms. The maximum Gasteiger partial charge on any atom is 0.416 e. The average molecular weight is 553 g/mol. The molecule has 204 valence electrons. The summed E-state index contributed by atoms with van der Waals surface area (Å²) in [5, 5.41) is 2.84. The molecule has 4 rings (SSSR count). The first-order valence-electron chi connectivity index (χ1n) is 12.6. The highest BCUT2D eigenvalue weighted by atomic mass is 35.5. The van der Waals surface area contributed by atoms with Crippen molar-refractivity contribution in [3.8, 4) is 0 Å². The third-order valence-electron chi connectivity index (χ3n) is 6.59. The van der Waals surface area contributed by atoms with Gasteiger partial charge in [-0.1, -0.05) is 72.8 Å². The summed E-state index contributed by atoms with van der Waals surface area (Å²) in [5.41, 5.74) is 5.05. The molecular formula is C32H32ClF3N2O. The number of nitrogens with zero attached hydrogens (tertiary/aromatic N) is 1. The molecule has 4 aromatic rings. The van der Waals surface area contributed by atoms with Crippen LogP contribution in [-0.2, 0) is 23.8 Å². The highest BCUT2D eigenvalue weighted by Gasteiger charge is 2.31. The quantitative estimate of drug-likeness (QED) is 0.227. The van der Waals surface area contributed by atoms with Gasteiger partial charge in [0.05, 0.1) is 5.56 Å². The van der Waals surface area contributed by atoms with E-state index in [-0.39, 0.29) is 18.3 Å². The summed E-state index contributed by atoms with van der Waals surface area (Å²) < 4.78 is 38.7. The number of amides is 1. The number of rotatable bonds is 9. The van der Waals surface area contributed by atoms with E-state index >= 15 is 0 Å². The molecule has 3 nitrogen and oxygen atoms in total. The molecule has 0 aliphatic heterocycles. The Morgan fingerprint density at radius 3 is 2.15 bits per heavy atom. The van der Waals surface area contributed by atoms with Gasteiger partial charge in [-0.05, 0) is 78.8 Å². The Morgan fingerprint density at radius 1 is 0.846 bits per heavy atom. The fourth-order valence-corrected chi connectivity index (χ4v) is 4.70. The molecule has 0 aliphatic rings. The number of carbonyl (C=O) groups excluding carboxylic acids is 1. The Labute approximate surface area is 234 Å². The fourth-order valence-electron chi connectivity index (χ4n) is 4.70. The molecule has 0 fully saturated rings. The monoisotopic (exact) mass is 552 g/mol. The Balaban J connectivity index is 0.00000420. The van der Waals surface area contributed by atoms with Crippen LogP contribution in [0, 0.1) is 6.92 Å². The second-order valence-electron chi connectivity index (χ2n) is 9.31. The van der Waals surface area contributed by atoms with Crippen LogP contribution in [0.5, 0.6) is 0 Å². The number of benzene rings is 4. The number of likely N-dealkylation sites (N-methyl/N-ethyl adjacent to an activating group) is 1. The summed E-state index contributed by atoms with van der Waals surface area (Å²) >= 11 is 0. The lowest BCUT2D eigenvalue weighted by Gasteiger charge is -2.34. The van der Waals surface area contributed by atoms with Crippen LogP contribution in [0.15, 0.2) is 103 Å². The molecule has 0 heterocycles. The second kappa shape index (κ2) is 13.3. The van der Waals surface area contributed by atoms with Crippen LogP contribution in [0.4, 0.5) is 24.5 Å². The van der Waals surface area contributed by atoms with Gasteiger partial charge in [0, 0.05) is 18.4 Å². The van der Waals surface area contributed by atoms with Gasteiger partial charge in [-0.25, -0.2) is 0 Å². The highest BCUT2D eigenvalue weighted by molar-refractivity contribution is 5.90. The predicted molar refractivity (Wildman–Crippen MR) is 154 cm³/mol. The molecule has 0 aromatic heterocycles. The molecule has 39 heavy (non-hydrogen) atoms. The van der Waals surface area contributed by atoms with Gasteiger partial charge in [-0.3, -0.25) is 4.79 Å². The number of aryl methyl sites for hydroxylation is 3. The van der Waals surface area contributed by atoms with Crippen LogP contribution in [0.2, 0.25) is 0 Å². The van der Waals surface area contributed by atoms with E-state index in [0.29, 0.717) is 12.8 Å². The van der Waals surface area contributed by atoms with E-state index in [1.165, 1.54) is 0 Å². The van der Waals surface area contributed by atoms with Gasteiger partial charge in [-0.2, -0.15) is 13.2 Å². The molecular weight excluding hydrogens is 521 g/mol. The van der Waals surface area contributed by atoms with Gasteiger partial charge < -0.3 is 10.2 Å². The lowest BCUT2D eigenvalue weighted by atomic mass is 9.97. The lowest BCUT2D eigenvalue weighted by Crippen LogP contribution is -2.37. The average Bonchev–Trinajstić information content (AvgIpc) is 2.92. The predicted octanol–water partition coefficient (Wildman–Crippen LogP) is 8.24. The van der Waals surface area contributed by atoms with Crippen LogP contribution in [0.1, 0.15) is 40.3 Å². The fraction of sp³-hybridized carbons (Fsp3) is 0.219. The van der Waals surface area contributed by atoms with Crippen molar-refractivity contribution >= 4 is 29.7 Å². The van der Waals surface area contributed by atoms with E-state index in [2.05, 4.69) is 22.3 Å². The summed E-state index contributed by atoms with van der Waals surface area (Å²) in [5.74, 6) is -0.128. The number of hydrogen-bond acceptors (Lipinski definition) is 2. The largest absolute Gasteiger partial charge is 0.416 e. The molecule has 0 radical (unpaired) electrons. The van der Waals surface area contributed by atoms with Crippen molar-refractivity contribution in [2.45, 2.75) is 38.4 Å². The first-order chi connectivity index (χ1) is 18.3. The molecule has 1 N–H and O–H groups in total. The molecule has 0 bridgehead atoms. The first kappa shape index (κ1) is 29.8. The van der Waals surface area contributed by atoms with Gasteiger partial charge in [0.1, 0.15) is 6.04 Å². The Bertz CT molecular complexity index is 1360. The Hall–Kier alpha value is -3.77. The van der Waals surface area contributed by atoms with Crippen molar-refractivity contribution < 1.29 is 18.0 Å². The molecule has 0 aliphatic carbocycles. The van der Waals surface area contributed by atoms with Crippen LogP contribution in [0.25, 0.3) is 0 Å². The second-order valence-corrected chi connectivity index (χ2v) is 9.31. The van der Waals surface area contributed by atoms with E-state index in [1.807, 2.05) is 73.7 Å². The van der Waals surface area contributed by atoms with E-state index < -0.39 is 17.8 Å². The highest BCUT2D eigenvalue weighted by Crippen LogP contribution is 2.38. The maximum atomic E-state index is 13.4. The van der Waals surface area contributed by atoms with E-state index in [9.17, 15) is 18.0 Å². The summed E-state index contributed by atoms with van der Waals surface area (Å²) in [4.78, 5) is 15.4. The maximum absolute atomic E-state index is 13.4. The SMILES string of the molecule is CNC(=O)[C@H](c1ccccc1)N(c1cccc(C)c1)c1ccccc1CCCc1ccc(C(F)(F)F)cc1.Cl. The minimum atomic E-state index is -4.34. The topological polar surface area (TPSA) is 32.3 Å². The van der Waals surface area contributed by atoms with Crippen molar-refractivity contribution in [2.24, 2.45) is 0 Å². The third-order valence-corrected chi connectivity index (χ3v) is 6.59. The molecule has 4 aromatic carbocycles. The summed E-state index contributed by atoms with van der Waals surface area (Å²) in [7, 11) is 1.64. The Kier molecular flexibility index (Phi) is 10.2. The van der Waals surface area contributed by atoms with Crippen LogP contribution in [0.3, 0.4) is 0 Å². The summed E-state index contributed by atoms with van der Waals surface area (Å²) in [6.07, 6.45) is -2.24. The number of para-hydroxylation sites is 1. The van der Waals surface area contributed by atoms with Crippen LogP contribution >= 0.6 is 12.4 Å². The normalized spacial score (nSPS) is 11.8. The van der Waals surface area contributed by atoms with E-state index in [4.69, 9.17) is 0 Å². The number of alkyl halides is 3. The minimum Gasteiger partial charge on any atom is -0.357 e. The van der Waals surface area contributed by atoms with Crippen molar-refractivity contribution in [3.05, 3.63) is 131 Å². The van der Waals surface area contributed by atoms with Crippen molar-refractivity contribution in [1.29, 1.82) is 0 Å². The van der Waals surface area contributed by atoms with Gasteiger partial charge in [0.25, 0.3) is 0 Å². The van der Waals surface area contributed by atoms with Gasteiger partial charge in [-0.15, -0.1) is 12.4 Å². The number of hydrogen-bond donors (Lipinski definition) is 1. The summed E-state index contributed by atoms with van der Waals surface area (Å²) in [6.45, 7) is 2.02. The van der Waals surface area contributed by atoms with Crippen LogP contribution in [-0.4, -0.2) is 13.0 Å². The zero-order valence-electron chi connectivity index (χ0n) is 21.9. The number of halogens is 4. The summed E-state index contributed by atoms with van der Waals surface area (Å²) in [6, 6.07) is 30.5. The third kappa shape index (κ3) is 7.42. The number of carbonyl (C=O) groups is 1. The Morgan fingerprint density at radius 2 is 1.51 bits per heavy atom. The van der Waals surface area contributed by atoms with Crippen molar-refractivity contribution in [2.75, 3.05) is 11.9 Å². The molecule has 1 amide bonds. The number of anilines is 2. The lowest BCUT2D eigenvalue weighted by molar-refractivity contribution is -0.137. The van der Waals surface area contributed by atoms with E-state index in [1.54, 1.807) is 19.2 Å². The molecule has 7 heteroatoms. The van der Waals surface area contributed by atoms with Crippen LogP contribution < -0.4 is 10.2 Å². The minimum absolute atomic E-state index is 0. The van der Waals surface area contributed by atoms with Gasteiger partial charge in [0.2, 0.25) is 5.91 Å². The molecule has 0 unspecified atom stereocenters. The first-order valence-corrected chi connectivity index (χ1v) is 12.6.